The Kier molecular flexibility index (Phi) is 54.3. The molecule has 6 nitrogen and oxygen atoms in total. The monoisotopic (exact) mass is 951 g/mol. The molecule has 0 amide bonds. The number of rotatable bonds is 53. The van der Waals surface area contributed by atoms with Gasteiger partial charge in [0.15, 0.2) is 6.10 Å². The highest BCUT2D eigenvalue weighted by Gasteiger charge is 2.19. The van der Waals surface area contributed by atoms with Gasteiger partial charge in [-0.15, -0.1) is 0 Å². The van der Waals surface area contributed by atoms with Crippen molar-refractivity contribution in [3.8, 4) is 0 Å². The molecule has 0 rings (SSSR count). The van der Waals surface area contributed by atoms with E-state index in [9.17, 15) is 14.4 Å². The van der Waals surface area contributed by atoms with Crippen molar-refractivity contribution < 1.29 is 28.6 Å². The first-order chi connectivity index (χ1) is 33.5. The van der Waals surface area contributed by atoms with Crippen LogP contribution >= 0.6 is 0 Å². The molecule has 394 valence electrons. The Balaban J connectivity index is 4.39. The van der Waals surface area contributed by atoms with Gasteiger partial charge in [0.1, 0.15) is 13.2 Å². The fourth-order valence-electron chi connectivity index (χ4n) is 8.30. The Morgan fingerprint density at radius 3 is 0.853 bits per heavy atom. The Labute approximate surface area is 421 Å². The molecule has 0 fully saturated rings. The van der Waals surface area contributed by atoms with Crippen molar-refractivity contribution in [1.29, 1.82) is 0 Å². The lowest BCUT2D eigenvalue weighted by Crippen LogP contribution is -2.30. The lowest BCUT2D eigenvalue weighted by atomic mass is 10.1. The van der Waals surface area contributed by atoms with Gasteiger partial charge in [0.05, 0.1) is 0 Å². The molecule has 0 aliphatic rings. The second-order valence-corrected chi connectivity index (χ2v) is 19.6. The van der Waals surface area contributed by atoms with E-state index in [0.29, 0.717) is 19.3 Å². The average Bonchev–Trinajstić information content (AvgIpc) is 3.34. The van der Waals surface area contributed by atoms with Crippen molar-refractivity contribution in [2.45, 2.75) is 303 Å². The zero-order chi connectivity index (χ0) is 49.3. The standard InChI is InChI=1S/C62H110O6/c1-4-7-10-13-16-19-22-25-28-30-31-32-35-37-40-43-46-49-52-55-61(64)67-58-59(57-66-60(63)54-51-48-45-42-39-36-33-27-24-21-18-15-12-9-6-3)68-62(65)56-53-50-47-44-41-38-34-29-26-23-20-17-14-11-8-5-2/h16,18-19,21-22,24-25,27,29,34,59H,4-15,17,20,23,26,28,30-33,35-58H2,1-3H3/b19-16-,21-18-,25-22-,27-24-,34-29-. The van der Waals surface area contributed by atoms with Crippen LogP contribution in [0.4, 0.5) is 0 Å². The molecule has 0 radical (unpaired) electrons. The van der Waals surface area contributed by atoms with Gasteiger partial charge in [-0.3, -0.25) is 14.4 Å². The normalized spacial score (nSPS) is 12.5. The molecule has 0 saturated heterocycles. The van der Waals surface area contributed by atoms with E-state index in [1.54, 1.807) is 0 Å². The largest absolute Gasteiger partial charge is 0.462 e. The van der Waals surface area contributed by atoms with Crippen molar-refractivity contribution in [1.82, 2.24) is 0 Å². The summed E-state index contributed by atoms with van der Waals surface area (Å²) in [5.41, 5.74) is 0. The van der Waals surface area contributed by atoms with Crippen LogP contribution in [0.25, 0.3) is 0 Å². The number of allylic oxidation sites excluding steroid dienone is 10. The summed E-state index contributed by atoms with van der Waals surface area (Å²) in [4.78, 5) is 38.2. The molecule has 6 heteroatoms. The van der Waals surface area contributed by atoms with Gasteiger partial charge in [0, 0.05) is 19.3 Å². The van der Waals surface area contributed by atoms with Gasteiger partial charge in [-0.05, 0) is 96.3 Å². The summed E-state index contributed by atoms with van der Waals surface area (Å²) < 4.78 is 16.9. The molecule has 0 aromatic carbocycles. The minimum Gasteiger partial charge on any atom is -0.462 e. The molecular weight excluding hydrogens is 841 g/mol. The number of hydrogen-bond acceptors (Lipinski definition) is 6. The van der Waals surface area contributed by atoms with Crippen LogP contribution in [0.5, 0.6) is 0 Å². The quantitative estimate of drug-likeness (QED) is 0.0199. The molecule has 0 aromatic rings. The van der Waals surface area contributed by atoms with E-state index in [4.69, 9.17) is 14.2 Å². The SMILES string of the molecule is CCCCC/C=C\C=C/CCCCCCCCCCCCC(=O)OCC(COC(=O)CCCCCCCC/C=C\C=C/CCCCC)OC(=O)CCCCCCC/C=C\CCCCCCCCC. The van der Waals surface area contributed by atoms with Crippen LogP contribution in [0, 0.1) is 0 Å². The highest BCUT2D eigenvalue weighted by Crippen LogP contribution is 2.15. The lowest BCUT2D eigenvalue weighted by molar-refractivity contribution is -0.167. The van der Waals surface area contributed by atoms with Crippen molar-refractivity contribution in [3.63, 3.8) is 0 Å². The number of carbonyl (C=O) groups is 3. The van der Waals surface area contributed by atoms with E-state index in [-0.39, 0.29) is 31.1 Å². The van der Waals surface area contributed by atoms with Crippen LogP contribution in [-0.4, -0.2) is 37.2 Å². The zero-order valence-electron chi connectivity index (χ0n) is 45.1. The third-order valence-corrected chi connectivity index (χ3v) is 12.8. The van der Waals surface area contributed by atoms with Gasteiger partial charge < -0.3 is 14.2 Å². The van der Waals surface area contributed by atoms with Crippen LogP contribution in [0.2, 0.25) is 0 Å². The van der Waals surface area contributed by atoms with Gasteiger partial charge in [-0.1, -0.05) is 242 Å². The average molecular weight is 952 g/mol. The Hall–Kier alpha value is -2.89. The van der Waals surface area contributed by atoms with Crippen molar-refractivity contribution in [2.75, 3.05) is 13.2 Å². The fourth-order valence-corrected chi connectivity index (χ4v) is 8.30. The number of carbonyl (C=O) groups excluding carboxylic acids is 3. The highest BCUT2D eigenvalue weighted by atomic mass is 16.6. The van der Waals surface area contributed by atoms with E-state index in [1.165, 1.54) is 180 Å². The van der Waals surface area contributed by atoms with Crippen LogP contribution in [0.1, 0.15) is 297 Å². The Bertz CT molecular complexity index is 1230. The molecule has 0 heterocycles. The molecule has 0 N–H and O–H groups in total. The van der Waals surface area contributed by atoms with E-state index in [1.807, 2.05) is 0 Å². The van der Waals surface area contributed by atoms with Gasteiger partial charge in [0.25, 0.3) is 0 Å². The molecule has 68 heavy (non-hydrogen) atoms. The minimum absolute atomic E-state index is 0.0821. The maximum Gasteiger partial charge on any atom is 0.306 e. The highest BCUT2D eigenvalue weighted by molar-refractivity contribution is 5.71. The predicted molar refractivity (Wildman–Crippen MR) is 293 cm³/mol. The summed E-state index contributed by atoms with van der Waals surface area (Å²) in [6.45, 7) is 6.59. The summed E-state index contributed by atoms with van der Waals surface area (Å²) in [5.74, 6) is -0.894. The summed E-state index contributed by atoms with van der Waals surface area (Å²) in [6.07, 6.45) is 70.6. The lowest BCUT2D eigenvalue weighted by Gasteiger charge is -2.18. The second kappa shape index (κ2) is 56.7. The predicted octanol–water partition coefficient (Wildman–Crippen LogP) is 19.6. The van der Waals surface area contributed by atoms with Crippen molar-refractivity contribution in [2.24, 2.45) is 0 Å². The van der Waals surface area contributed by atoms with Crippen LogP contribution in [0.3, 0.4) is 0 Å². The maximum atomic E-state index is 12.9. The molecule has 0 spiro atoms. The molecular formula is C62H110O6. The first-order valence-electron chi connectivity index (χ1n) is 29.3. The summed E-state index contributed by atoms with van der Waals surface area (Å²) >= 11 is 0. The summed E-state index contributed by atoms with van der Waals surface area (Å²) in [6, 6.07) is 0. The molecule has 0 aliphatic carbocycles. The summed E-state index contributed by atoms with van der Waals surface area (Å²) in [5, 5.41) is 0. The molecule has 1 unspecified atom stereocenters. The molecule has 0 bridgehead atoms. The molecule has 0 aromatic heterocycles. The molecule has 1 atom stereocenters. The van der Waals surface area contributed by atoms with Gasteiger partial charge in [0.2, 0.25) is 0 Å². The first kappa shape index (κ1) is 65.1. The van der Waals surface area contributed by atoms with E-state index in [2.05, 4.69) is 81.5 Å². The Morgan fingerprint density at radius 1 is 0.294 bits per heavy atom. The maximum absolute atomic E-state index is 12.9. The van der Waals surface area contributed by atoms with Crippen LogP contribution in [-0.2, 0) is 28.6 Å². The number of unbranched alkanes of at least 4 members (excludes halogenated alkanes) is 34. The Morgan fingerprint density at radius 2 is 0.529 bits per heavy atom. The van der Waals surface area contributed by atoms with Gasteiger partial charge in [-0.25, -0.2) is 0 Å². The topological polar surface area (TPSA) is 78.9 Å². The third kappa shape index (κ3) is 54.1. The van der Waals surface area contributed by atoms with Crippen LogP contribution in [0.15, 0.2) is 60.8 Å². The van der Waals surface area contributed by atoms with Gasteiger partial charge in [-0.2, -0.15) is 0 Å². The number of esters is 3. The summed E-state index contributed by atoms with van der Waals surface area (Å²) in [7, 11) is 0. The second-order valence-electron chi connectivity index (χ2n) is 19.6. The van der Waals surface area contributed by atoms with E-state index >= 15 is 0 Å². The van der Waals surface area contributed by atoms with Gasteiger partial charge >= 0.3 is 17.9 Å². The smallest absolute Gasteiger partial charge is 0.306 e. The molecule has 0 saturated carbocycles. The van der Waals surface area contributed by atoms with E-state index in [0.717, 1.165) is 77.0 Å². The van der Waals surface area contributed by atoms with Crippen LogP contribution < -0.4 is 0 Å². The number of ether oxygens (including phenoxy) is 3. The van der Waals surface area contributed by atoms with E-state index < -0.39 is 6.10 Å². The molecule has 0 aliphatic heterocycles. The third-order valence-electron chi connectivity index (χ3n) is 12.8. The van der Waals surface area contributed by atoms with Crippen molar-refractivity contribution in [3.05, 3.63) is 60.8 Å². The minimum atomic E-state index is -0.785. The first-order valence-corrected chi connectivity index (χ1v) is 29.3. The zero-order valence-corrected chi connectivity index (χ0v) is 45.1. The fraction of sp³-hybridized carbons (Fsp3) is 0.790. The van der Waals surface area contributed by atoms with Crippen molar-refractivity contribution >= 4 is 17.9 Å². The number of hydrogen-bond donors (Lipinski definition) is 0.